The quantitative estimate of drug-likeness (QED) is 0.674. The van der Waals surface area contributed by atoms with Gasteiger partial charge in [-0.25, -0.2) is 4.79 Å². The van der Waals surface area contributed by atoms with Crippen molar-refractivity contribution < 1.29 is 19.1 Å². The standard InChI is InChI=1S/C22H23ClN2O4/c23-19-4-1-3-16(13-19)10-11-24-20(26)15-29-22(28)18-8-6-17(7-9-18)14-25-12-2-5-21(25)27/h1,3-4,6-9,13H,2,5,10-12,14-15H2,(H,24,26). The summed E-state index contributed by atoms with van der Waals surface area (Å²) in [6.07, 6.45) is 2.14. The van der Waals surface area contributed by atoms with E-state index in [1.165, 1.54) is 0 Å². The van der Waals surface area contributed by atoms with E-state index >= 15 is 0 Å². The molecule has 1 N–H and O–H groups in total. The fourth-order valence-electron chi connectivity index (χ4n) is 3.14. The third-order valence-electron chi connectivity index (χ3n) is 4.69. The minimum Gasteiger partial charge on any atom is -0.452 e. The Hall–Kier alpha value is -2.86. The van der Waals surface area contributed by atoms with Gasteiger partial charge in [-0.1, -0.05) is 35.9 Å². The lowest BCUT2D eigenvalue weighted by molar-refractivity contribution is -0.128. The number of esters is 1. The van der Waals surface area contributed by atoms with Crippen molar-refractivity contribution in [1.29, 1.82) is 0 Å². The van der Waals surface area contributed by atoms with Crippen molar-refractivity contribution in [2.45, 2.75) is 25.8 Å². The van der Waals surface area contributed by atoms with E-state index in [2.05, 4.69) is 5.32 Å². The highest BCUT2D eigenvalue weighted by Crippen LogP contribution is 2.15. The summed E-state index contributed by atoms with van der Waals surface area (Å²) in [7, 11) is 0. The zero-order valence-corrected chi connectivity index (χ0v) is 16.8. The molecule has 0 aliphatic carbocycles. The number of rotatable bonds is 8. The molecule has 6 nitrogen and oxygen atoms in total. The molecule has 1 aliphatic rings. The molecule has 152 valence electrons. The highest BCUT2D eigenvalue weighted by atomic mass is 35.5. The Labute approximate surface area is 174 Å². The lowest BCUT2D eigenvalue weighted by atomic mass is 10.1. The van der Waals surface area contributed by atoms with Crippen LogP contribution < -0.4 is 5.32 Å². The second-order valence-corrected chi connectivity index (χ2v) is 7.36. The van der Waals surface area contributed by atoms with E-state index in [-0.39, 0.29) is 18.4 Å². The highest BCUT2D eigenvalue weighted by Gasteiger charge is 2.20. The maximum atomic E-state index is 12.1. The number of benzene rings is 2. The number of nitrogens with one attached hydrogen (secondary N) is 1. The van der Waals surface area contributed by atoms with E-state index in [1.54, 1.807) is 35.2 Å². The second-order valence-electron chi connectivity index (χ2n) is 6.92. The fourth-order valence-corrected chi connectivity index (χ4v) is 3.35. The molecule has 0 spiro atoms. The van der Waals surface area contributed by atoms with Crippen LogP contribution >= 0.6 is 11.6 Å². The van der Waals surface area contributed by atoms with Crippen molar-refractivity contribution >= 4 is 29.4 Å². The Morgan fingerprint density at radius 3 is 2.59 bits per heavy atom. The topological polar surface area (TPSA) is 75.7 Å². The lowest BCUT2D eigenvalue weighted by Gasteiger charge is -2.15. The number of ether oxygens (including phenoxy) is 1. The molecule has 0 unspecified atom stereocenters. The Kier molecular flexibility index (Phi) is 7.25. The van der Waals surface area contributed by atoms with Crippen molar-refractivity contribution in [2.75, 3.05) is 19.7 Å². The average molecular weight is 415 g/mol. The molecule has 0 saturated carbocycles. The first-order chi connectivity index (χ1) is 14.0. The summed E-state index contributed by atoms with van der Waals surface area (Å²) in [6, 6.07) is 14.3. The van der Waals surface area contributed by atoms with Crippen LogP contribution in [-0.4, -0.2) is 42.4 Å². The van der Waals surface area contributed by atoms with E-state index in [0.29, 0.717) is 36.5 Å². The van der Waals surface area contributed by atoms with Gasteiger partial charge in [0.1, 0.15) is 0 Å². The molecule has 1 fully saturated rings. The summed E-state index contributed by atoms with van der Waals surface area (Å²) in [4.78, 5) is 37.5. The molecule has 29 heavy (non-hydrogen) atoms. The van der Waals surface area contributed by atoms with Gasteiger partial charge >= 0.3 is 5.97 Å². The van der Waals surface area contributed by atoms with Gasteiger partial charge in [0.2, 0.25) is 5.91 Å². The molecule has 1 saturated heterocycles. The van der Waals surface area contributed by atoms with Crippen LogP contribution in [0.3, 0.4) is 0 Å². The molecule has 3 rings (SSSR count). The van der Waals surface area contributed by atoms with Gasteiger partial charge in [0, 0.05) is 31.1 Å². The van der Waals surface area contributed by atoms with Crippen LogP contribution in [0.5, 0.6) is 0 Å². The van der Waals surface area contributed by atoms with Gasteiger partial charge in [0.25, 0.3) is 5.91 Å². The molecular formula is C22H23ClN2O4. The molecule has 2 aromatic carbocycles. The average Bonchev–Trinajstić information content (AvgIpc) is 3.11. The maximum Gasteiger partial charge on any atom is 0.338 e. The van der Waals surface area contributed by atoms with Crippen molar-refractivity contribution in [3.63, 3.8) is 0 Å². The van der Waals surface area contributed by atoms with Crippen LogP contribution in [0.1, 0.15) is 34.3 Å². The largest absolute Gasteiger partial charge is 0.452 e. The molecular weight excluding hydrogens is 392 g/mol. The number of hydrogen-bond donors (Lipinski definition) is 1. The van der Waals surface area contributed by atoms with Gasteiger partial charge in [-0.05, 0) is 48.2 Å². The third-order valence-corrected chi connectivity index (χ3v) is 4.93. The summed E-state index contributed by atoms with van der Waals surface area (Å²) in [5.74, 6) is -0.752. The van der Waals surface area contributed by atoms with Crippen LogP contribution in [0.15, 0.2) is 48.5 Å². The summed E-state index contributed by atoms with van der Waals surface area (Å²) < 4.78 is 5.07. The first-order valence-electron chi connectivity index (χ1n) is 9.56. The summed E-state index contributed by atoms with van der Waals surface area (Å²) in [5, 5.41) is 3.37. The van der Waals surface area contributed by atoms with Gasteiger partial charge in [-0.15, -0.1) is 0 Å². The van der Waals surface area contributed by atoms with Crippen LogP contribution in [-0.2, 0) is 27.3 Å². The number of carbonyl (C=O) groups is 3. The Bertz CT molecular complexity index is 883. The fraction of sp³-hybridized carbons (Fsp3) is 0.318. The van der Waals surface area contributed by atoms with Crippen molar-refractivity contribution in [1.82, 2.24) is 10.2 Å². The van der Waals surface area contributed by atoms with Crippen molar-refractivity contribution in [3.8, 4) is 0 Å². The Morgan fingerprint density at radius 2 is 1.90 bits per heavy atom. The minimum absolute atomic E-state index is 0.162. The predicted octanol–water partition coefficient (Wildman–Crippen LogP) is 2.98. The van der Waals surface area contributed by atoms with Crippen LogP contribution in [0.2, 0.25) is 5.02 Å². The number of carbonyl (C=O) groups excluding carboxylic acids is 3. The number of nitrogens with zero attached hydrogens (tertiary/aromatic N) is 1. The van der Waals surface area contributed by atoms with Gasteiger partial charge in [-0.3, -0.25) is 9.59 Å². The van der Waals surface area contributed by atoms with Crippen molar-refractivity contribution in [2.24, 2.45) is 0 Å². The van der Waals surface area contributed by atoms with Gasteiger partial charge < -0.3 is 15.0 Å². The van der Waals surface area contributed by atoms with E-state index in [0.717, 1.165) is 24.1 Å². The van der Waals surface area contributed by atoms with E-state index in [4.69, 9.17) is 16.3 Å². The molecule has 2 amide bonds. The SMILES string of the molecule is O=C(COC(=O)c1ccc(CN2CCCC2=O)cc1)NCCc1cccc(Cl)c1. The zero-order chi connectivity index (χ0) is 20.6. The number of halogens is 1. The number of likely N-dealkylation sites (tertiary alicyclic amines) is 1. The molecule has 1 heterocycles. The van der Waals surface area contributed by atoms with Gasteiger partial charge in [0.05, 0.1) is 5.56 Å². The molecule has 0 bridgehead atoms. The Morgan fingerprint density at radius 1 is 1.10 bits per heavy atom. The van der Waals surface area contributed by atoms with E-state index in [1.807, 2.05) is 18.2 Å². The Balaban J connectivity index is 1.39. The molecule has 0 aromatic heterocycles. The van der Waals surface area contributed by atoms with Crippen molar-refractivity contribution in [3.05, 3.63) is 70.2 Å². The number of hydrogen-bond acceptors (Lipinski definition) is 4. The monoisotopic (exact) mass is 414 g/mol. The van der Waals surface area contributed by atoms with Crippen LogP contribution in [0, 0.1) is 0 Å². The second kappa shape index (κ2) is 10.1. The molecule has 0 radical (unpaired) electrons. The molecule has 7 heteroatoms. The smallest absolute Gasteiger partial charge is 0.338 e. The summed E-state index contributed by atoms with van der Waals surface area (Å²) in [6.45, 7) is 1.41. The first-order valence-corrected chi connectivity index (χ1v) is 9.94. The van der Waals surface area contributed by atoms with Crippen LogP contribution in [0.25, 0.3) is 0 Å². The summed E-state index contributed by atoms with van der Waals surface area (Å²) in [5.41, 5.74) is 2.34. The molecule has 0 atom stereocenters. The minimum atomic E-state index is -0.557. The zero-order valence-electron chi connectivity index (χ0n) is 16.0. The van der Waals surface area contributed by atoms with Crippen LogP contribution in [0.4, 0.5) is 0 Å². The molecule has 1 aliphatic heterocycles. The maximum absolute atomic E-state index is 12.1. The van der Waals surface area contributed by atoms with E-state index < -0.39 is 5.97 Å². The highest BCUT2D eigenvalue weighted by molar-refractivity contribution is 6.30. The summed E-state index contributed by atoms with van der Waals surface area (Å²) >= 11 is 5.93. The third kappa shape index (κ3) is 6.32. The lowest BCUT2D eigenvalue weighted by Crippen LogP contribution is -2.30. The van der Waals surface area contributed by atoms with Gasteiger partial charge in [0.15, 0.2) is 6.61 Å². The number of amides is 2. The predicted molar refractivity (Wildman–Crippen MR) is 110 cm³/mol. The molecule has 2 aromatic rings. The first kappa shape index (κ1) is 20.9. The normalized spacial score (nSPS) is 13.4. The van der Waals surface area contributed by atoms with E-state index in [9.17, 15) is 14.4 Å². The van der Waals surface area contributed by atoms with Gasteiger partial charge in [-0.2, -0.15) is 0 Å².